The first-order valence-corrected chi connectivity index (χ1v) is 6.04. The monoisotopic (exact) mass is 196 g/mol. The van der Waals surface area contributed by atoms with E-state index in [0.717, 1.165) is 6.42 Å². The smallest absolute Gasteiger partial charge is 0.330 e. The number of hydrogen-bond acceptors (Lipinski definition) is 4. The summed E-state index contributed by atoms with van der Waals surface area (Å²) in [6.07, 6.45) is 1.27. The first kappa shape index (κ1) is 12.3. The molecule has 0 fully saturated rings. The Labute approximate surface area is 74.6 Å². The van der Waals surface area contributed by atoms with E-state index in [1.54, 1.807) is 0 Å². The summed E-state index contributed by atoms with van der Waals surface area (Å²) in [7, 11) is -2.57. The van der Waals surface area contributed by atoms with E-state index >= 15 is 0 Å². The lowest BCUT2D eigenvalue weighted by Gasteiger charge is -2.14. The van der Waals surface area contributed by atoms with E-state index in [4.69, 9.17) is 14.8 Å². The van der Waals surface area contributed by atoms with E-state index in [1.165, 1.54) is 0 Å². The van der Waals surface area contributed by atoms with Crippen molar-refractivity contribution in [3.05, 3.63) is 0 Å². The van der Waals surface area contributed by atoms with Crippen molar-refractivity contribution < 1.29 is 13.9 Å². The fourth-order valence-corrected chi connectivity index (χ4v) is 2.58. The van der Waals surface area contributed by atoms with Crippen LogP contribution in [0, 0.1) is 0 Å². The molecule has 0 saturated heterocycles. The number of nitrogens with two attached hydrogens (primary N) is 1. The Kier molecular flexibility index (Phi) is 6.90. The van der Waals surface area contributed by atoms with Crippen LogP contribution >= 0.6 is 7.94 Å². The Morgan fingerprint density at radius 2 is 1.75 bits per heavy atom. The van der Waals surface area contributed by atoms with Crippen LogP contribution in [0.1, 0.15) is 20.3 Å². The highest BCUT2D eigenvalue weighted by Crippen LogP contribution is 2.56. The minimum atomic E-state index is -2.57. The molecule has 3 N–H and O–H groups in total. The zero-order chi connectivity index (χ0) is 9.45. The normalized spacial score (nSPS) is 12.0. The Bertz CT molecular complexity index is 107. The molecule has 0 rings (SSSR count). The summed E-state index contributed by atoms with van der Waals surface area (Å²) in [5, 5.41) is 0. The molecule has 0 amide bonds. The van der Waals surface area contributed by atoms with E-state index in [-0.39, 0.29) is 0 Å². The molecule has 0 aliphatic heterocycles. The maximum Gasteiger partial charge on any atom is 0.408 e. The number of hydrogen-bond donors (Lipinski definition) is 2. The van der Waals surface area contributed by atoms with Gasteiger partial charge in [0.05, 0.1) is 13.2 Å². The molecule has 5 heteroatoms. The molecule has 0 bridgehead atoms. The van der Waals surface area contributed by atoms with Gasteiger partial charge in [0.15, 0.2) is 0 Å². The molecule has 0 spiro atoms. The van der Waals surface area contributed by atoms with Gasteiger partial charge in [-0.3, -0.25) is 0 Å². The van der Waals surface area contributed by atoms with Crippen molar-refractivity contribution >= 4 is 7.94 Å². The third-order valence-corrected chi connectivity index (χ3v) is 3.51. The maximum absolute atomic E-state index is 9.75. The number of rotatable bonds is 7. The van der Waals surface area contributed by atoms with Crippen LogP contribution in [0.3, 0.4) is 0 Å². The zero-order valence-electron chi connectivity index (χ0n) is 7.82. The summed E-state index contributed by atoms with van der Waals surface area (Å²) in [6, 6.07) is 0. The van der Waals surface area contributed by atoms with Gasteiger partial charge >= 0.3 is 7.94 Å². The molecule has 0 heterocycles. The predicted octanol–water partition coefficient (Wildman–Crippen LogP) is 1.16. The Balaban J connectivity index is 3.80. The van der Waals surface area contributed by atoms with Gasteiger partial charge in [-0.05, 0) is 20.4 Å². The van der Waals surface area contributed by atoms with Gasteiger partial charge in [-0.15, -0.1) is 0 Å². The van der Waals surface area contributed by atoms with E-state index in [9.17, 15) is 4.89 Å². The van der Waals surface area contributed by atoms with Crippen molar-refractivity contribution in [2.24, 2.45) is 5.73 Å². The van der Waals surface area contributed by atoms with Gasteiger partial charge in [0.25, 0.3) is 0 Å². The van der Waals surface area contributed by atoms with E-state index in [2.05, 4.69) is 0 Å². The highest BCUT2D eigenvalue weighted by Gasteiger charge is 2.38. The minimum Gasteiger partial charge on any atom is -0.330 e. The maximum atomic E-state index is 9.75. The highest BCUT2D eigenvalue weighted by molar-refractivity contribution is 7.60. The van der Waals surface area contributed by atoms with Crippen LogP contribution in [0.5, 0.6) is 0 Å². The molecule has 0 radical (unpaired) electrons. The fourth-order valence-electron chi connectivity index (χ4n) is 0.861. The van der Waals surface area contributed by atoms with Crippen molar-refractivity contribution in [1.82, 2.24) is 0 Å². The second-order valence-electron chi connectivity index (χ2n) is 2.34. The topological polar surface area (TPSA) is 64.7 Å². The molecule has 0 saturated carbocycles. The standard InChI is InChI=1S/C7H19NO3P/c1-3-10-12(9,11-4-2)7-5-6-8/h9H,3-8H2,1-2H3/q+1. The fraction of sp³-hybridized carbons (Fsp3) is 1.00. The Morgan fingerprint density at radius 3 is 2.08 bits per heavy atom. The van der Waals surface area contributed by atoms with Gasteiger partial charge < -0.3 is 5.73 Å². The van der Waals surface area contributed by atoms with E-state index < -0.39 is 7.94 Å². The quantitative estimate of drug-likeness (QED) is 0.600. The molecule has 4 nitrogen and oxygen atoms in total. The first-order chi connectivity index (χ1) is 5.68. The second-order valence-corrected chi connectivity index (χ2v) is 4.58. The van der Waals surface area contributed by atoms with Crippen molar-refractivity contribution in [3.63, 3.8) is 0 Å². The van der Waals surface area contributed by atoms with Crippen LogP contribution in [-0.2, 0) is 9.05 Å². The Morgan fingerprint density at radius 1 is 1.25 bits per heavy atom. The Hall–Kier alpha value is 0.270. The summed E-state index contributed by atoms with van der Waals surface area (Å²) < 4.78 is 10.3. The minimum absolute atomic E-state index is 0.481. The van der Waals surface area contributed by atoms with Crippen LogP contribution in [0.15, 0.2) is 0 Å². The SMILES string of the molecule is CCO[P+](O)(CCCN)OCC. The van der Waals surface area contributed by atoms with Gasteiger partial charge in [0.2, 0.25) is 0 Å². The van der Waals surface area contributed by atoms with Crippen molar-refractivity contribution in [3.8, 4) is 0 Å². The molecule has 0 aromatic heterocycles. The second kappa shape index (κ2) is 6.75. The molecule has 0 aliphatic carbocycles. The molecule has 0 unspecified atom stereocenters. The van der Waals surface area contributed by atoms with Crippen molar-refractivity contribution in [1.29, 1.82) is 0 Å². The lowest BCUT2D eigenvalue weighted by molar-refractivity contribution is 0.189. The van der Waals surface area contributed by atoms with Crippen LogP contribution < -0.4 is 5.73 Å². The average molecular weight is 196 g/mol. The zero-order valence-corrected chi connectivity index (χ0v) is 8.72. The van der Waals surface area contributed by atoms with Crippen LogP contribution in [0.2, 0.25) is 0 Å². The molecule has 12 heavy (non-hydrogen) atoms. The van der Waals surface area contributed by atoms with E-state index in [0.29, 0.717) is 25.9 Å². The van der Waals surface area contributed by atoms with Crippen LogP contribution in [0.25, 0.3) is 0 Å². The molecule has 0 aromatic rings. The first-order valence-electron chi connectivity index (χ1n) is 4.28. The molecule has 74 valence electrons. The van der Waals surface area contributed by atoms with E-state index in [1.807, 2.05) is 13.8 Å². The van der Waals surface area contributed by atoms with Gasteiger partial charge in [-0.1, -0.05) is 0 Å². The predicted molar refractivity (Wildman–Crippen MR) is 50.9 cm³/mol. The van der Waals surface area contributed by atoms with Crippen LogP contribution in [0.4, 0.5) is 0 Å². The lowest BCUT2D eigenvalue weighted by atomic mass is 10.5. The highest BCUT2D eigenvalue weighted by atomic mass is 31.2. The molecular formula is C7H19NO3P+. The third kappa shape index (κ3) is 5.01. The van der Waals surface area contributed by atoms with Crippen LogP contribution in [-0.4, -0.2) is 30.8 Å². The summed E-state index contributed by atoms with van der Waals surface area (Å²) in [6.45, 7) is 5.20. The molecule has 0 atom stereocenters. The summed E-state index contributed by atoms with van der Waals surface area (Å²) in [5.74, 6) is 0. The lowest BCUT2D eigenvalue weighted by Crippen LogP contribution is -2.10. The summed E-state index contributed by atoms with van der Waals surface area (Å²) in [5.41, 5.74) is 5.32. The summed E-state index contributed by atoms with van der Waals surface area (Å²) >= 11 is 0. The van der Waals surface area contributed by atoms with Crippen molar-refractivity contribution in [2.45, 2.75) is 20.3 Å². The van der Waals surface area contributed by atoms with Gasteiger partial charge in [0.1, 0.15) is 6.16 Å². The molecular weight excluding hydrogens is 177 g/mol. The van der Waals surface area contributed by atoms with Crippen molar-refractivity contribution in [2.75, 3.05) is 25.9 Å². The average Bonchev–Trinajstić information content (AvgIpc) is 2.02. The van der Waals surface area contributed by atoms with Gasteiger partial charge in [-0.2, -0.15) is 13.9 Å². The van der Waals surface area contributed by atoms with Gasteiger partial charge in [-0.25, -0.2) is 0 Å². The largest absolute Gasteiger partial charge is 0.408 e. The van der Waals surface area contributed by atoms with Gasteiger partial charge in [0, 0.05) is 6.42 Å². The molecule has 0 aliphatic rings. The third-order valence-electron chi connectivity index (χ3n) is 1.31. The molecule has 0 aromatic carbocycles. The summed E-state index contributed by atoms with van der Waals surface area (Å²) in [4.78, 5) is 9.75.